The molecule has 1 saturated heterocycles. The Morgan fingerprint density at radius 2 is 2.04 bits per heavy atom. The largest absolute Gasteiger partial charge is 0.367 e. The first kappa shape index (κ1) is 18.3. The van der Waals surface area contributed by atoms with Crippen LogP contribution in [0.5, 0.6) is 0 Å². The van der Waals surface area contributed by atoms with Gasteiger partial charge in [-0.25, -0.2) is 4.98 Å². The van der Waals surface area contributed by atoms with Gasteiger partial charge in [-0.2, -0.15) is 5.26 Å². The molecule has 0 aromatic carbocycles. The smallest absolute Gasteiger partial charge is 0.163 e. The average molecular weight is 373 g/mol. The number of nitrogens with zero attached hydrogens (tertiary/aromatic N) is 5. The van der Waals surface area contributed by atoms with Crippen LogP contribution >= 0.6 is 0 Å². The van der Waals surface area contributed by atoms with Gasteiger partial charge in [0.15, 0.2) is 11.5 Å². The number of Topliss-reactive ketones (excluding diaryl/α,β-unsaturated/α-hetero) is 1. The van der Waals surface area contributed by atoms with Crippen molar-refractivity contribution in [2.45, 2.75) is 26.3 Å². The van der Waals surface area contributed by atoms with Crippen LogP contribution in [0.4, 0.5) is 5.69 Å². The maximum Gasteiger partial charge on any atom is 0.163 e. The fourth-order valence-electron chi connectivity index (χ4n) is 3.90. The minimum absolute atomic E-state index is 0.215. The predicted molar refractivity (Wildman–Crippen MR) is 108 cm³/mol. The molecule has 2 aromatic heterocycles. The van der Waals surface area contributed by atoms with E-state index in [1.54, 1.807) is 6.20 Å². The Morgan fingerprint density at radius 1 is 1.21 bits per heavy atom. The molecule has 0 radical (unpaired) electrons. The highest BCUT2D eigenvalue weighted by atomic mass is 16.1. The zero-order valence-corrected chi connectivity index (χ0v) is 16.1. The maximum atomic E-state index is 12.2. The Kier molecular flexibility index (Phi) is 5.18. The van der Waals surface area contributed by atoms with Gasteiger partial charge in [-0.15, -0.1) is 0 Å². The lowest BCUT2D eigenvalue weighted by Crippen LogP contribution is -2.46. The molecule has 6 nitrogen and oxygen atoms in total. The second-order valence-corrected chi connectivity index (χ2v) is 7.26. The molecule has 0 bridgehead atoms. The van der Waals surface area contributed by atoms with Gasteiger partial charge < -0.3 is 4.90 Å². The number of nitriles is 1. The van der Waals surface area contributed by atoms with E-state index in [9.17, 15) is 10.1 Å². The van der Waals surface area contributed by atoms with E-state index in [-0.39, 0.29) is 5.78 Å². The number of hydrogen-bond donors (Lipinski definition) is 0. The number of aromatic nitrogens is 2. The molecule has 2 aromatic rings. The highest BCUT2D eigenvalue weighted by Crippen LogP contribution is 2.24. The fourth-order valence-corrected chi connectivity index (χ4v) is 3.90. The van der Waals surface area contributed by atoms with Crippen molar-refractivity contribution in [2.75, 3.05) is 31.1 Å². The molecular formula is C22H23N5O. The lowest BCUT2D eigenvalue weighted by Gasteiger charge is -2.36. The van der Waals surface area contributed by atoms with E-state index < -0.39 is 0 Å². The lowest BCUT2D eigenvalue weighted by atomic mass is 9.92. The van der Waals surface area contributed by atoms with Crippen LogP contribution in [-0.4, -0.2) is 46.8 Å². The molecule has 0 saturated carbocycles. The molecule has 6 heteroatoms. The summed E-state index contributed by atoms with van der Waals surface area (Å²) >= 11 is 0. The van der Waals surface area contributed by atoms with Crippen molar-refractivity contribution >= 4 is 17.5 Å². The van der Waals surface area contributed by atoms with Crippen molar-refractivity contribution in [2.24, 2.45) is 0 Å². The number of piperazine rings is 1. The Labute approximate surface area is 165 Å². The normalized spacial score (nSPS) is 17.1. The van der Waals surface area contributed by atoms with Crippen LogP contribution in [0.15, 0.2) is 36.2 Å². The van der Waals surface area contributed by atoms with Crippen molar-refractivity contribution < 1.29 is 4.79 Å². The maximum absolute atomic E-state index is 12.2. The number of hydrogen-bond acceptors (Lipinski definition) is 6. The Hall–Kier alpha value is -3.04. The van der Waals surface area contributed by atoms with Crippen molar-refractivity contribution in [3.63, 3.8) is 0 Å². The summed E-state index contributed by atoms with van der Waals surface area (Å²) in [6, 6.07) is 8.14. The number of anilines is 1. The Morgan fingerprint density at radius 3 is 2.79 bits per heavy atom. The topological polar surface area (TPSA) is 73.1 Å². The van der Waals surface area contributed by atoms with Gasteiger partial charge in [-0.05, 0) is 41.3 Å². The highest BCUT2D eigenvalue weighted by molar-refractivity contribution is 6.03. The third-order valence-electron chi connectivity index (χ3n) is 5.47. The van der Waals surface area contributed by atoms with Gasteiger partial charge in [0.2, 0.25) is 0 Å². The minimum atomic E-state index is 0.215. The molecule has 1 fully saturated rings. The van der Waals surface area contributed by atoms with Crippen LogP contribution in [0.2, 0.25) is 0 Å². The van der Waals surface area contributed by atoms with E-state index in [1.807, 2.05) is 31.3 Å². The molecule has 28 heavy (non-hydrogen) atoms. The van der Waals surface area contributed by atoms with Crippen LogP contribution < -0.4 is 4.90 Å². The number of rotatable bonds is 4. The molecule has 1 aliphatic heterocycles. The average Bonchev–Trinajstić information content (AvgIpc) is 2.73. The van der Waals surface area contributed by atoms with Crippen molar-refractivity contribution in [1.82, 2.24) is 14.9 Å². The molecule has 1 aliphatic carbocycles. The molecule has 4 rings (SSSR count). The number of pyridine rings is 2. The predicted octanol–water partition coefficient (Wildman–Crippen LogP) is 2.59. The van der Waals surface area contributed by atoms with E-state index in [0.717, 1.165) is 67.2 Å². The van der Waals surface area contributed by atoms with Crippen LogP contribution in [-0.2, 0) is 17.8 Å². The summed E-state index contributed by atoms with van der Waals surface area (Å²) in [6.45, 7) is 6.38. The Bertz CT molecular complexity index is 967. The number of ketones is 1. The zero-order valence-electron chi connectivity index (χ0n) is 16.1. The first-order chi connectivity index (χ1) is 13.7. The molecule has 2 aliphatic rings. The second kappa shape index (κ2) is 7.91. The van der Waals surface area contributed by atoms with E-state index in [4.69, 9.17) is 0 Å². The first-order valence-electron chi connectivity index (χ1n) is 9.72. The molecule has 0 atom stereocenters. The van der Waals surface area contributed by atoms with Crippen molar-refractivity contribution in [3.8, 4) is 6.07 Å². The quantitative estimate of drug-likeness (QED) is 0.820. The van der Waals surface area contributed by atoms with E-state index in [1.165, 1.54) is 0 Å². The summed E-state index contributed by atoms with van der Waals surface area (Å²) in [5.41, 5.74) is 5.39. The van der Waals surface area contributed by atoms with Gasteiger partial charge in [0.25, 0.3) is 0 Å². The number of allylic oxidation sites excluding steroid dienone is 1. The fraction of sp³-hybridized carbons (Fsp3) is 0.364. The number of carbonyl (C=O) groups is 1. The summed E-state index contributed by atoms with van der Waals surface area (Å²) in [5, 5.41) is 9.26. The summed E-state index contributed by atoms with van der Waals surface area (Å²) in [5.74, 6) is 0.215. The van der Waals surface area contributed by atoms with Gasteiger partial charge >= 0.3 is 0 Å². The minimum Gasteiger partial charge on any atom is -0.367 e. The van der Waals surface area contributed by atoms with Crippen molar-refractivity contribution in [1.29, 1.82) is 5.26 Å². The highest BCUT2D eigenvalue weighted by Gasteiger charge is 2.22. The third-order valence-corrected chi connectivity index (χ3v) is 5.47. The molecular weight excluding hydrogens is 350 g/mol. The number of carbonyl (C=O) groups excluding carboxylic acids is 1. The third kappa shape index (κ3) is 3.67. The van der Waals surface area contributed by atoms with Crippen LogP contribution in [0, 0.1) is 11.3 Å². The van der Waals surface area contributed by atoms with Gasteiger partial charge in [0.1, 0.15) is 6.07 Å². The summed E-state index contributed by atoms with van der Waals surface area (Å²) < 4.78 is 0. The van der Waals surface area contributed by atoms with E-state index in [0.29, 0.717) is 12.1 Å². The molecule has 0 spiro atoms. The van der Waals surface area contributed by atoms with Gasteiger partial charge in [0, 0.05) is 51.5 Å². The van der Waals surface area contributed by atoms with Gasteiger partial charge in [-0.1, -0.05) is 13.0 Å². The molecule has 0 N–H and O–H groups in total. The lowest BCUT2D eigenvalue weighted by molar-refractivity contribution is -0.115. The van der Waals surface area contributed by atoms with E-state index >= 15 is 0 Å². The molecule has 142 valence electrons. The van der Waals surface area contributed by atoms with Crippen molar-refractivity contribution in [3.05, 3.63) is 58.7 Å². The first-order valence-corrected chi connectivity index (χ1v) is 9.72. The summed E-state index contributed by atoms with van der Waals surface area (Å²) in [7, 11) is 0. The second-order valence-electron chi connectivity index (χ2n) is 7.26. The SMILES string of the molecule is CCC1=Cc2ncc(CN3CCN(c4cccnc4C#N)CC3)cc2CC1=O. The molecule has 0 unspecified atom stereocenters. The molecule has 3 heterocycles. The van der Waals surface area contributed by atoms with Gasteiger partial charge in [-0.3, -0.25) is 14.7 Å². The summed E-state index contributed by atoms with van der Waals surface area (Å²) in [4.78, 5) is 25.5. The van der Waals surface area contributed by atoms with Crippen LogP contribution in [0.3, 0.4) is 0 Å². The summed E-state index contributed by atoms with van der Waals surface area (Å²) in [6.07, 6.45) is 6.74. The zero-order chi connectivity index (χ0) is 19.5. The monoisotopic (exact) mass is 373 g/mol. The van der Waals surface area contributed by atoms with Gasteiger partial charge in [0.05, 0.1) is 11.4 Å². The molecule has 0 amide bonds. The standard InChI is InChI=1S/C22H23N5O/c1-2-17-11-19-18(12-22(17)28)10-16(14-25-19)15-26-6-8-27(9-7-26)21-4-3-5-24-20(21)13-23/h3-5,10-11,14H,2,6-9,12,15H2,1H3. The number of fused-ring (bicyclic) bond motifs is 1. The Balaban J connectivity index is 1.41. The van der Waals surface area contributed by atoms with Crippen LogP contribution in [0.1, 0.15) is 35.9 Å². The van der Waals surface area contributed by atoms with Crippen LogP contribution in [0.25, 0.3) is 6.08 Å². The van der Waals surface area contributed by atoms with E-state index in [2.05, 4.69) is 31.9 Å².